The summed E-state index contributed by atoms with van der Waals surface area (Å²) in [5.74, 6) is 0. The van der Waals surface area contributed by atoms with Crippen LogP contribution >= 0.6 is 0 Å². The lowest BCUT2D eigenvalue weighted by molar-refractivity contribution is -0.480. The molecule has 3 heteroatoms. The topological polar surface area (TPSA) is 43.1 Å². The van der Waals surface area contributed by atoms with Crippen LogP contribution in [-0.2, 0) is 0 Å². The standard InChI is InChI=1S/C5H8NO2/c1-2-3-4-5-6(7)8/h1-2H,3-5H2. The van der Waals surface area contributed by atoms with Crippen molar-refractivity contribution >= 4 is 0 Å². The highest BCUT2D eigenvalue weighted by molar-refractivity contribution is 4.60. The highest BCUT2D eigenvalue weighted by Gasteiger charge is 1.91. The quantitative estimate of drug-likeness (QED) is 0.311. The van der Waals surface area contributed by atoms with E-state index in [9.17, 15) is 10.1 Å². The Morgan fingerprint density at radius 3 is 2.75 bits per heavy atom. The van der Waals surface area contributed by atoms with E-state index in [1.165, 1.54) is 6.08 Å². The number of hydrogen-bond acceptors (Lipinski definition) is 2. The second-order valence-corrected chi connectivity index (χ2v) is 1.43. The summed E-state index contributed by atoms with van der Waals surface area (Å²) in [7, 11) is 0. The third-order valence-corrected chi connectivity index (χ3v) is 0.711. The van der Waals surface area contributed by atoms with Gasteiger partial charge in [-0.15, -0.1) is 0 Å². The summed E-state index contributed by atoms with van der Waals surface area (Å²) < 4.78 is 0. The first-order valence-electron chi connectivity index (χ1n) is 2.42. The van der Waals surface area contributed by atoms with E-state index < -0.39 is 0 Å². The van der Waals surface area contributed by atoms with Gasteiger partial charge < -0.3 is 0 Å². The fourth-order valence-electron chi connectivity index (χ4n) is 0.338. The van der Waals surface area contributed by atoms with E-state index in [1.54, 1.807) is 0 Å². The van der Waals surface area contributed by atoms with Gasteiger partial charge in [0, 0.05) is 11.3 Å². The maximum atomic E-state index is 9.62. The summed E-state index contributed by atoms with van der Waals surface area (Å²) >= 11 is 0. The van der Waals surface area contributed by atoms with E-state index in [4.69, 9.17) is 6.58 Å². The summed E-state index contributed by atoms with van der Waals surface area (Å²) in [5.41, 5.74) is 0. The molecule has 0 unspecified atom stereocenters. The average Bonchev–Trinajstić information content (AvgIpc) is 1.66. The first kappa shape index (κ1) is 7.14. The van der Waals surface area contributed by atoms with Crippen molar-refractivity contribution in [2.24, 2.45) is 0 Å². The Morgan fingerprint density at radius 2 is 2.38 bits per heavy atom. The normalized spacial score (nSPS) is 8.50. The fourth-order valence-corrected chi connectivity index (χ4v) is 0.338. The van der Waals surface area contributed by atoms with E-state index in [2.05, 4.69) is 0 Å². The van der Waals surface area contributed by atoms with Gasteiger partial charge in [0.15, 0.2) is 0 Å². The molecule has 0 aromatic carbocycles. The zero-order valence-electron chi connectivity index (χ0n) is 4.54. The molecule has 0 aliphatic heterocycles. The molecule has 0 N–H and O–H groups in total. The molecule has 0 heterocycles. The van der Waals surface area contributed by atoms with Crippen LogP contribution < -0.4 is 0 Å². The smallest absolute Gasteiger partial charge is 0.204 e. The van der Waals surface area contributed by atoms with Gasteiger partial charge in [-0.1, -0.05) is 12.7 Å². The van der Waals surface area contributed by atoms with Crippen molar-refractivity contribution in [3.8, 4) is 0 Å². The summed E-state index contributed by atoms with van der Waals surface area (Å²) in [6.07, 6.45) is 2.61. The van der Waals surface area contributed by atoms with Crippen LogP contribution in [0.1, 0.15) is 12.8 Å². The Kier molecular flexibility index (Phi) is 3.84. The molecule has 0 aromatic heterocycles. The molecule has 0 aliphatic rings. The SMILES string of the molecule is [CH]=CCCC[N+](=O)[O-]. The minimum atomic E-state index is -0.344. The molecule has 0 bridgehead atoms. The Balaban J connectivity index is 2.93. The second kappa shape index (κ2) is 4.30. The lowest BCUT2D eigenvalue weighted by Gasteiger charge is -1.86. The summed E-state index contributed by atoms with van der Waals surface area (Å²) in [6, 6.07) is 0. The van der Waals surface area contributed by atoms with E-state index in [-0.39, 0.29) is 11.5 Å². The van der Waals surface area contributed by atoms with Crippen LogP contribution in [0, 0.1) is 16.7 Å². The van der Waals surface area contributed by atoms with Gasteiger partial charge >= 0.3 is 0 Å². The van der Waals surface area contributed by atoms with Crippen molar-refractivity contribution < 1.29 is 4.92 Å². The van der Waals surface area contributed by atoms with Crippen LogP contribution in [0.25, 0.3) is 0 Å². The van der Waals surface area contributed by atoms with Crippen molar-refractivity contribution in [3.63, 3.8) is 0 Å². The average molecular weight is 114 g/mol. The zero-order chi connectivity index (χ0) is 6.41. The van der Waals surface area contributed by atoms with Crippen LogP contribution in [0.3, 0.4) is 0 Å². The molecular weight excluding hydrogens is 106 g/mol. The van der Waals surface area contributed by atoms with E-state index >= 15 is 0 Å². The fraction of sp³-hybridized carbons (Fsp3) is 0.600. The molecule has 0 atom stereocenters. The molecule has 0 aromatic rings. The third-order valence-electron chi connectivity index (χ3n) is 0.711. The number of rotatable bonds is 4. The van der Waals surface area contributed by atoms with Gasteiger partial charge in [0.05, 0.1) is 0 Å². The van der Waals surface area contributed by atoms with Crippen molar-refractivity contribution in [1.82, 2.24) is 0 Å². The van der Waals surface area contributed by atoms with Gasteiger partial charge in [-0.25, -0.2) is 0 Å². The molecule has 0 aliphatic carbocycles. The van der Waals surface area contributed by atoms with Gasteiger partial charge in [0.2, 0.25) is 6.54 Å². The molecule has 8 heavy (non-hydrogen) atoms. The van der Waals surface area contributed by atoms with Gasteiger partial charge in [0.1, 0.15) is 0 Å². The second-order valence-electron chi connectivity index (χ2n) is 1.43. The number of nitro groups is 1. The van der Waals surface area contributed by atoms with E-state index in [1.807, 2.05) is 0 Å². The number of allylic oxidation sites excluding steroid dienone is 1. The first-order chi connectivity index (χ1) is 3.77. The molecular formula is C5H8NO2. The van der Waals surface area contributed by atoms with Crippen LogP contribution in [0.2, 0.25) is 0 Å². The van der Waals surface area contributed by atoms with Crippen molar-refractivity contribution in [2.75, 3.05) is 6.54 Å². The zero-order valence-corrected chi connectivity index (χ0v) is 4.54. The summed E-state index contributed by atoms with van der Waals surface area (Å²) in [6.45, 7) is 4.99. The Hall–Kier alpha value is -0.860. The minimum Gasteiger partial charge on any atom is -0.265 e. The van der Waals surface area contributed by atoms with Crippen LogP contribution in [0.15, 0.2) is 6.08 Å². The Morgan fingerprint density at radius 1 is 1.75 bits per heavy atom. The number of nitrogens with zero attached hydrogens (tertiary/aromatic N) is 1. The maximum absolute atomic E-state index is 9.62. The van der Waals surface area contributed by atoms with E-state index in [0.29, 0.717) is 12.8 Å². The first-order valence-corrected chi connectivity index (χ1v) is 2.42. The highest BCUT2D eigenvalue weighted by Crippen LogP contribution is 1.87. The van der Waals surface area contributed by atoms with Gasteiger partial charge in [-0.2, -0.15) is 0 Å². The number of unbranched alkanes of at least 4 members (excludes halogenated alkanes) is 1. The molecule has 0 spiro atoms. The molecule has 0 saturated carbocycles. The highest BCUT2D eigenvalue weighted by atomic mass is 16.6. The van der Waals surface area contributed by atoms with Crippen LogP contribution in [0.4, 0.5) is 0 Å². The maximum Gasteiger partial charge on any atom is 0.204 e. The predicted octanol–water partition coefficient (Wildman–Crippen LogP) is 1.03. The number of hydrogen-bond donors (Lipinski definition) is 0. The Bertz CT molecular complexity index is 90.4. The van der Waals surface area contributed by atoms with Gasteiger partial charge in [0.25, 0.3) is 0 Å². The molecule has 0 rings (SSSR count). The van der Waals surface area contributed by atoms with E-state index in [0.717, 1.165) is 0 Å². The summed E-state index contributed by atoms with van der Waals surface area (Å²) in [5, 5.41) is 9.62. The molecule has 0 fully saturated rings. The van der Waals surface area contributed by atoms with Gasteiger partial charge in [-0.3, -0.25) is 10.1 Å². The molecule has 1 radical (unpaired) electrons. The third kappa shape index (κ3) is 5.14. The largest absolute Gasteiger partial charge is 0.265 e. The predicted molar refractivity (Wildman–Crippen MR) is 30.0 cm³/mol. The van der Waals surface area contributed by atoms with Crippen LogP contribution in [0.5, 0.6) is 0 Å². The Labute approximate surface area is 48.2 Å². The van der Waals surface area contributed by atoms with Crippen molar-refractivity contribution in [1.29, 1.82) is 0 Å². The lowest BCUT2D eigenvalue weighted by Crippen LogP contribution is -1.98. The van der Waals surface area contributed by atoms with Gasteiger partial charge in [-0.05, 0) is 6.42 Å². The minimum absolute atomic E-state index is 0.0215. The monoisotopic (exact) mass is 114 g/mol. The van der Waals surface area contributed by atoms with Crippen molar-refractivity contribution in [2.45, 2.75) is 12.8 Å². The molecule has 3 nitrogen and oxygen atoms in total. The molecule has 45 valence electrons. The summed E-state index contributed by atoms with van der Waals surface area (Å²) in [4.78, 5) is 9.28. The molecule has 0 saturated heterocycles. The van der Waals surface area contributed by atoms with Crippen LogP contribution in [-0.4, -0.2) is 11.5 Å². The molecule has 0 amide bonds. The van der Waals surface area contributed by atoms with Crippen molar-refractivity contribution in [3.05, 3.63) is 22.8 Å². The lowest BCUT2D eigenvalue weighted by atomic mass is 10.3.